The molecule has 0 aliphatic heterocycles. The first-order valence-corrected chi connectivity index (χ1v) is 4.59. The number of alkyl halides is 2. The quantitative estimate of drug-likeness (QED) is 0.772. The van der Waals surface area contributed by atoms with E-state index in [1.807, 2.05) is 0 Å². The van der Waals surface area contributed by atoms with Gasteiger partial charge in [0.1, 0.15) is 24.2 Å². The van der Waals surface area contributed by atoms with E-state index >= 15 is 0 Å². The fourth-order valence-electron chi connectivity index (χ4n) is 1.15. The fraction of sp³-hybridized carbons (Fsp3) is 0.333. The van der Waals surface area contributed by atoms with Gasteiger partial charge in [0.05, 0.1) is 5.02 Å². The van der Waals surface area contributed by atoms with Crippen molar-refractivity contribution in [2.75, 3.05) is 6.61 Å². The minimum atomic E-state index is -3.67. The van der Waals surface area contributed by atoms with Gasteiger partial charge in [-0.2, -0.15) is 0 Å². The molecule has 90 valence electrons. The van der Waals surface area contributed by atoms with E-state index in [9.17, 15) is 18.3 Å². The van der Waals surface area contributed by atoms with Crippen molar-refractivity contribution >= 4 is 11.6 Å². The Morgan fingerprint density at radius 1 is 1.44 bits per heavy atom. The van der Waals surface area contributed by atoms with Crippen molar-refractivity contribution in [3.63, 3.8) is 0 Å². The van der Waals surface area contributed by atoms with Crippen LogP contribution in [0.25, 0.3) is 0 Å². The van der Waals surface area contributed by atoms with E-state index in [0.717, 1.165) is 6.07 Å². The highest BCUT2D eigenvalue weighted by atomic mass is 35.5. The fourth-order valence-corrected chi connectivity index (χ4v) is 1.36. The molecular weight excluding hydrogens is 247 g/mol. The molecule has 0 heterocycles. The molecule has 0 radical (unpaired) electrons. The molecule has 0 saturated heterocycles. The van der Waals surface area contributed by atoms with Gasteiger partial charge in [-0.1, -0.05) is 11.6 Å². The Labute approximate surface area is 94.3 Å². The number of phenolic OH excluding ortho intramolecular Hbond substituents is 1. The molecule has 0 aliphatic rings. The van der Waals surface area contributed by atoms with Crippen LogP contribution in [0.5, 0.6) is 5.75 Å². The van der Waals surface area contributed by atoms with E-state index in [2.05, 4.69) is 0 Å². The molecule has 0 aromatic heterocycles. The van der Waals surface area contributed by atoms with Gasteiger partial charge in [0, 0.05) is 5.56 Å². The van der Waals surface area contributed by atoms with Crippen LogP contribution in [0.3, 0.4) is 0 Å². The third-order valence-corrected chi connectivity index (χ3v) is 2.35. The molecule has 1 aromatic carbocycles. The highest BCUT2D eigenvalue weighted by Crippen LogP contribution is 2.37. The zero-order valence-corrected chi connectivity index (χ0v) is 8.68. The van der Waals surface area contributed by atoms with Crippen molar-refractivity contribution in [3.05, 3.63) is 28.5 Å². The Morgan fingerprint density at radius 2 is 2.00 bits per heavy atom. The summed E-state index contributed by atoms with van der Waals surface area (Å²) in [6, 6.07) is -0.620. The van der Waals surface area contributed by atoms with Crippen LogP contribution in [-0.4, -0.2) is 22.7 Å². The van der Waals surface area contributed by atoms with Crippen LogP contribution < -0.4 is 5.73 Å². The van der Waals surface area contributed by atoms with E-state index in [4.69, 9.17) is 22.4 Å². The second-order valence-electron chi connectivity index (χ2n) is 3.22. The zero-order valence-electron chi connectivity index (χ0n) is 7.92. The molecule has 0 aliphatic carbocycles. The van der Waals surface area contributed by atoms with Crippen LogP contribution in [0.4, 0.5) is 13.2 Å². The summed E-state index contributed by atoms with van der Waals surface area (Å²) in [4.78, 5) is 0. The van der Waals surface area contributed by atoms with E-state index in [-0.39, 0.29) is 0 Å². The summed E-state index contributed by atoms with van der Waals surface area (Å²) in [6.07, 6.45) is 0. The SMILES string of the molecule is N[C@@H](c1cc(F)cc(Cl)c1O)C(F)(F)CO. The minimum Gasteiger partial charge on any atom is -0.506 e. The summed E-state index contributed by atoms with van der Waals surface area (Å²) in [5.41, 5.74) is 4.57. The maximum absolute atomic E-state index is 13.0. The number of rotatable bonds is 3. The lowest BCUT2D eigenvalue weighted by molar-refractivity contribution is -0.0716. The van der Waals surface area contributed by atoms with Gasteiger partial charge in [-0.05, 0) is 12.1 Å². The maximum Gasteiger partial charge on any atom is 0.289 e. The molecule has 4 N–H and O–H groups in total. The number of phenols is 1. The molecule has 16 heavy (non-hydrogen) atoms. The number of aliphatic hydroxyl groups excluding tert-OH is 1. The molecule has 1 atom stereocenters. The lowest BCUT2D eigenvalue weighted by Gasteiger charge is -2.22. The Balaban J connectivity index is 3.23. The van der Waals surface area contributed by atoms with Crippen molar-refractivity contribution in [3.8, 4) is 5.75 Å². The first-order chi connectivity index (χ1) is 7.29. The van der Waals surface area contributed by atoms with Gasteiger partial charge in [0.25, 0.3) is 5.92 Å². The monoisotopic (exact) mass is 255 g/mol. The highest BCUT2D eigenvalue weighted by molar-refractivity contribution is 6.32. The summed E-state index contributed by atoms with van der Waals surface area (Å²) in [6.45, 7) is -1.51. The minimum absolute atomic E-state index is 0.417. The van der Waals surface area contributed by atoms with Crippen LogP contribution >= 0.6 is 11.6 Å². The molecule has 7 heteroatoms. The van der Waals surface area contributed by atoms with Crippen molar-refractivity contribution in [2.24, 2.45) is 5.73 Å². The highest BCUT2D eigenvalue weighted by Gasteiger charge is 2.39. The first kappa shape index (κ1) is 13.1. The molecule has 0 spiro atoms. The van der Waals surface area contributed by atoms with Crippen LogP contribution in [0.1, 0.15) is 11.6 Å². The number of nitrogens with two attached hydrogens (primary N) is 1. The van der Waals surface area contributed by atoms with E-state index in [0.29, 0.717) is 6.07 Å². The summed E-state index contributed by atoms with van der Waals surface area (Å²) < 4.78 is 38.9. The first-order valence-electron chi connectivity index (χ1n) is 4.21. The lowest BCUT2D eigenvalue weighted by atomic mass is 10.0. The van der Waals surface area contributed by atoms with Crippen molar-refractivity contribution in [1.29, 1.82) is 0 Å². The molecule has 1 aromatic rings. The summed E-state index contributed by atoms with van der Waals surface area (Å²) >= 11 is 5.40. The Kier molecular flexibility index (Phi) is 3.67. The molecule has 0 bridgehead atoms. The molecule has 3 nitrogen and oxygen atoms in total. The van der Waals surface area contributed by atoms with Crippen molar-refractivity contribution in [2.45, 2.75) is 12.0 Å². The van der Waals surface area contributed by atoms with Crippen molar-refractivity contribution < 1.29 is 23.4 Å². The Bertz CT molecular complexity index is 401. The standard InChI is InChI=1S/C9H9ClF3NO2/c10-6-2-4(11)1-5(7(6)16)8(14)9(12,13)3-15/h1-2,8,15-16H,3,14H2/t8-/m0/s1. The maximum atomic E-state index is 13.0. The molecule has 1 rings (SSSR count). The number of hydrogen-bond donors (Lipinski definition) is 3. The number of aliphatic hydroxyl groups is 1. The molecular formula is C9H9ClF3NO2. The van der Waals surface area contributed by atoms with E-state index in [1.165, 1.54) is 0 Å². The lowest BCUT2D eigenvalue weighted by Crippen LogP contribution is -2.36. The number of hydrogen-bond acceptors (Lipinski definition) is 3. The smallest absolute Gasteiger partial charge is 0.289 e. The third kappa shape index (κ3) is 2.40. The van der Waals surface area contributed by atoms with Gasteiger partial charge in [-0.15, -0.1) is 0 Å². The van der Waals surface area contributed by atoms with Crippen molar-refractivity contribution in [1.82, 2.24) is 0 Å². The second kappa shape index (κ2) is 4.48. The topological polar surface area (TPSA) is 66.5 Å². The van der Waals surface area contributed by atoms with Crippen LogP contribution in [-0.2, 0) is 0 Å². The zero-order chi connectivity index (χ0) is 12.5. The third-order valence-electron chi connectivity index (χ3n) is 2.06. The number of aromatic hydroxyl groups is 1. The average Bonchev–Trinajstić information content (AvgIpc) is 2.22. The largest absolute Gasteiger partial charge is 0.506 e. The van der Waals surface area contributed by atoms with Crippen LogP contribution in [0.15, 0.2) is 12.1 Å². The van der Waals surface area contributed by atoms with Gasteiger partial charge in [-0.3, -0.25) is 0 Å². The van der Waals surface area contributed by atoms with E-state index in [1.54, 1.807) is 0 Å². The van der Waals surface area contributed by atoms with Gasteiger partial charge in [0.2, 0.25) is 0 Å². The average molecular weight is 256 g/mol. The Hall–Kier alpha value is -0.980. The molecule has 0 saturated carbocycles. The summed E-state index contributed by atoms with van der Waals surface area (Å²) in [5.74, 6) is -5.29. The van der Waals surface area contributed by atoms with Crippen LogP contribution in [0, 0.1) is 5.82 Å². The second-order valence-corrected chi connectivity index (χ2v) is 3.63. The van der Waals surface area contributed by atoms with Gasteiger partial charge in [0.15, 0.2) is 0 Å². The predicted molar refractivity (Wildman–Crippen MR) is 52.0 cm³/mol. The summed E-state index contributed by atoms with van der Waals surface area (Å²) in [5, 5.41) is 17.4. The van der Waals surface area contributed by atoms with E-state index < -0.39 is 40.7 Å². The number of halogens is 4. The molecule has 0 amide bonds. The normalized spacial score (nSPS) is 13.9. The van der Waals surface area contributed by atoms with Crippen LogP contribution in [0.2, 0.25) is 5.02 Å². The predicted octanol–water partition coefficient (Wildman–Crippen LogP) is 1.81. The Morgan fingerprint density at radius 3 is 2.50 bits per heavy atom. The molecule has 0 unspecified atom stereocenters. The number of benzene rings is 1. The van der Waals surface area contributed by atoms with Gasteiger partial charge < -0.3 is 15.9 Å². The van der Waals surface area contributed by atoms with Gasteiger partial charge >= 0.3 is 0 Å². The molecule has 0 fully saturated rings. The van der Waals surface area contributed by atoms with Gasteiger partial charge in [-0.25, -0.2) is 13.2 Å². The summed E-state index contributed by atoms with van der Waals surface area (Å²) in [7, 11) is 0.